The first-order valence-corrected chi connectivity index (χ1v) is 13.1. The van der Waals surface area contributed by atoms with Crippen LogP contribution in [0.3, 0.4) is 0 Å². The van der Waals surface area contributed by atoms with Gasteiger partial charge in [-0.2, -0.15) is 0 Å². The molecule has 0 unspecified atom stereocenters. The minimum atomic E-state index is -0.382. The summed E-state index contributed by atoms with van der Waals surface area (Å²) in [6.07, 6.45) is 6.37. The Bertz CT molecular complexity index is 1260. The molecule has 3 aromatic rings. The molecule has 1 heterocycles. The zero-order valence-electron chi connectivity index (χ0n) is 22.6. The van der Waals surface area contributed by atoms with Crippen LogP contribution in [-0.4, -0.2) is 37.6 Å². The van der Waals surface area contributed by atoms with Crippen molar-refractivity contribution in [2.75, 3.05) is 25.7 Å². The van der Waals surface area contributed by atoms with Crippen LogP contribution >= 0.6 is 0 Å². The Kier molecular flexibility index (Phi) is 8.16. The molecule has 4 rings (SSSR count). The number of pyridine rings is 1. The van der Waals surface area contributed by atoms with Crippen LogP contribution in [0.4, 0.5) is 5.82 Å². The molecule has 1 aromatic heterocycles. The number of esters is 1. The van der Waals surface area contributed by atoms with Crippen LogP contribution in [-0.2, 0) is 9.53 Å². The van der Waals surface area contributed by atoms with Gasteiger partial charge in [-0.25, -0.2) is 9.78 Å². The minimum Gasteiger partial charge on any atom is -0.496 e. The van der Waals surface area contributed by atoms with Crippen LogP contribution in [0.5, 0.6) is 5.75 Å². The predicted octanol–water partition coefficient (Wildman–Crippen LogP) is 6.77. The van der Waals surface area contributed by atoms with E-state index in [1.807, 2.05) is 29.2 Å². The van der Waals surface area contributed by atoms with Crippen LogP contribution in [0.2, 0.25) is 0 Å². The smallest absolute Gasteiger partial charge is 0.337 e. The van der Waals surface area contributed by atoms with Crippen LogP contribution in [0.25, 0.3) is 10.8 Å². The summed E-state index contributed by atoms with van der Waals surface area (Å²) >= 11 is 0. The first-order chi connectivity index (χ1) is 17.7. The molecule has 196 valence electrons. The lowest BCUT2D eigenvalue weighted by Gasteiger charge is -2.34. The Hall–Kier alpha value is -3.41. The van der Waals surface area contributed by atoms with Gasteiger partial charge in [-0.15, -0.1) is 0 Å². The maximum absolute atomic E-state index is 13.7. The van der Waals surface area contributed by atoms with Crippen LogP contribution in [0.1, 0.15) is 74.7 Å². The maximum atomic E-state index is 13.7. The van der Waals surface area contributed by atoms with Crippen molar-refractivity contribution < 1.29 is 19.1 Å². The molecule has 2 aromatic carbocycles. The number of ether oxygens (including phenoxy) is 2. The van der Waals surface area contributed by atoms with Gasteiger partial charge in [0.05, 0.1) is 19.8 Å². The molecular weight excluding hydrogens is 464 g/mol. The van der Waals surface area contributed by atoms with Gasteiger partial charge in [0, 0.05) is 24.5 Å². The number of nitrogens with zero attached hydrogens (tertiary/aromatic N) is 2. The van der Waals surface area contributed by atoms with Crippen LogP contribution in [0.15, 0.2) is 54.7 Å². The molecule has 0 radical (unpaired) electrons. The second kappa shape index (κ2) is 11.3. The first-order valence-electron chi connectivity index (χ1n) is 13.1. The van der Waals surface area contributed by atoms with Gasteiger partial charge in [0.15, 0.2) is 0 Å². The number of anilines is 1. The van der Waals surface area contributed by atoms with Crippen LogP contribution in [0, 0.1) is 11.3 Å². The number of hydrogen-bond donors (Lipinski definition) is 0. The fourth-order valence-corrected chi connectivity index (χ4v) is 5.40. The highest BCUT2D eigenvalue weighted by molar-refractivity contribution is 6.04. The lowest BCUT2D eigenvalue weighted by atomic mass is 9.78. The van der Waals surface area contributed by atoms with Gasteiger partial charge < -0.3 is 9.47 Å². The standard InChI is InChI=1S/C31H38N2O4/c1-31(2,3)19-28(34)33(29-26-15-14-24(30(35)37-5)18-23(26)16-17-32-29)20-21-10-12-22(13-11-21)25-8-6-7-9-27(25)36-4/h6-9,14-18,21-22H,10-13,19-20H2,1-5H3. The molecule has 0 aliphatic heterocycles. The third-order valence-electron chi connectivity index (χ3n) is 7.27. The van der Waals surface area contributed by atoms with E-state index in [1.54, 1.807) is 25.4 Å². The maximum Gasteiger partial charge on any atom is 0.337 e. The Morgan fingerprint density at radius 1 is 1.00 bits per heavy atom. The van der Waals surface area contributed by atoms with Gasteiger partial charge in [-0.1, -0.05) is 39.0 Å². The summed E-state index contributed by atoms with van der Waals surface area (Å²) in [7, 11) is 3.11. The van der Waals surface area contributed by atoms with Crippen molar-refractivity contribution in [3.05, 3.63) is 65.9 Å². The van der Waals surface area contributed by atoms with Crippen molar-refractivity contribution in [3.8, 4) is 5.75 Å². The molecule has 1 aliphatic carbocycles. The molecule has 37 heavy (non-hydrogen) atoms. The molecule has 6 heteroatoms. The van der Waals surface area contributed by atoms with E-state index in [0.717, 1.165) is 42.2 Å². The normalized spacial score (nSPS) is 17.9. The largest absolute Gasteiger partial charge is 0.496 e. The lowest BCUT2D eigenvalue weighted by molar-refractivity contribution is -0.120. The highest BCUT2D eigenvalue weighted by Crippen LogP contribution is 2.40. The average molecular weight is 503 g/mol. The second-order valence-electron chi connectivity index (χ2n) is 11.3. The first kappa shape index (κ1) is 26.6. The number of carbonyl (C=O) groups excluding carboxylic acids is 2. The summed E-state index contributed by atoms with van der Waals surface area (Å²) < 4.78 is 10.5. The highest BCUT2D eigenvalue weighted by atomic mass is 16.5. The van der Waals surface area contributed by atoms with E-state index in [9.17, 15) is 9.59 Å². The van der Waals surface area contributed by atoms with Crippen LogP contribution < -0.4 is 9.64 Å². The summed E-state index contributed by atoms with van der Waals surface area (Å²) in [4.78, 5) is 32.3. The molecule has 0 bridgehead atoms. The van der Waals surface area contributed by atoms with Gasteiger partial charge in [0.2, 0.25) is 5.91 Å². The van der Waals surface area contributed by atoms with Crippen molar-refractivity contribution in [1.82, 2.24) is 4.98 Å². The summed E-state index contributed by atoms with van der Waals surface area (Å²) in [6, 6.07) is 15.6. The predicted molar refractivity (Wildman–Crippen MR) is 147 cm³/mol. The number of para-hydroxylation sites is 1. The SMILES string of the molecule is COC(=O)c1ccc2c(N(CC3CCC(c4ccccc4OC)CC3)C(=O)CC(C)(C)C)nccc2c1. The van der Waals surface area contributed by atoms with Gasteiger partial charge >= 0.3 is 5.97 Å². The molecule has 1 fully saturated rings. The molecular formula is C31H38N2O4. The van der Waals surface area contributed by atoms with E-state index in [-0.39, 0.29) is 17.3 Å². The molecule has 6 nitrogen and oxygen atoms in total. The zero-order chi connectivity index (χ0) is 26.6. The van der Waals surface area contributed by atoms with E-state index < -0.39 is 0 Å². The Morgan fingerprint density at radius 2 is 1.73 bits per heavy atom. The van der Waals surface area contributed by atoms with E-state index in [4.69, 9.17) is 9.47 Å². The average Bonchev–Trinajstić information content (AvgIpc) is 2.90. The van der Waals surface area contributed by atoms with E-state index in [1.165, 1.54) is 12.7 Å². The molecule has 1 aliphatic rings. The van der Waals surface area contributed by atoms with E-state index in [0.29, 0.717) is 36.2 Å². The number of fused-ring (bicyclic) bond motifs is 1. The summed E-state index contributed by atoms with van der Waals surface area (Å²) in [5.41, 5.74) is 1.62. The number of rotatable bonds is 7. The number of aromatic nitrogens is 1. The Balaban J connectivity index is 1.59. The molecule has 0 spiro atoms. The Morgan fingerprint density at radius 3 is 2.41 bits per heavy atom. The van der Waals surface area contributed by atoms with E-state index >= 15 is 0 Å². The van der Waals surface area contributed by atoms with Gasteiger partial charge in [-0.05, 0) is 84.2 Å². The molecule has 0 saturated heterocycles. The van der Waals surface area contributed by atoms with Crippen molar-refractivity contribution >= 4 is 28.5 Å². The summed E-state index contributed by atoms with van der Waals surface area (Å²) in [5.74, 6) is 2.18. The van der Waals surface area contributed by atoms with Gasteiger partial charge in [0.25, 0.3) is 0 Å². The molecule has 0 atom stereocenters. The zero-order valence-corrected chi connectivity index (χ0v) is 22.6. The third-order valence-corrected chi connectivity index (χ3v) is 7.27. The fourth-order valence-electron chi connectivity index (χ4n) is 5.40. The third kappa shape index (κ3) is 6.30. The number of methoxy groups -OCH3 is 2. The monoisotopic (exact) mass is 502 g/mol. The van der Waals surface area contributed by atoms with E-state index in [2.05, 4.69) is 37.9 Å². The van der Waals surface area contributed by atoms with Gasteiger partial charge in [0.1, 0.15) is 11.6 Å². The van der Waals surface area contributed by atoms with Crippen molar-refractivity contribution in [3.63, 3.8) is 0 Å². The van der Waals surface area contributed by atoms with Crippen molar-refractivity contribution in [2.45, 2.75) is 58.8 Å². The summed E-state index contributed by atoms with van der Waals surface area (Å²) in [5, 5.41) is 1.72. The van der Waals surface area contributed by atoms with Crippen molar-refractivity contribution in [2.24, 2.45) is 11.3 Å². The fraction of sp³-hybridized carbons (Fsp3) is 0.452. The second-order valence-corrected chi connectivity index (χ2v) is 11.3. The molecule has 0 N–H and O–H groups in total. The summed E-state index contributed by atoms with van der Waals surface area (Å²) in [6.45, 7) is 6.89. The number of benzene rings is 2. The number of amides is 1. The topological polar surface area (TPSA) is 68.7 Å². The quantitative estimate of drug-likeness (QED) is 0.333. The Labute approximate surface area is 220 Å². The molecule has 1 amide bonds. The lowest BCUT2D eigenvalue weighted by Crippen LogP contribution is -2.39. The minimum absolute atomic E-state index is 0.0800. The van der Waals surface area contributed by atoms with Gasteiger partial charge in [-0.3, -0.25) is 9.69 Å². The number of hydrogen-bond acceptors (Lipinski definition) is 5. The molecule has 1 saturated carbocycles. The number of carbonyl (C=O) groups is 2. The van der Waals surface area contributed by atoms with Crippen molar-refractivity contribution in [1.29, 1.82) is 0 Å². The highest BCUT2D eigenvalue weighted by Gasteiger charge is 2.30.